The first-order valence-electron chi connectivity index (χ1n) is 4.24. The largest absolute Gasteiger partial charge is 0.382 e. The Morgan fingerprint density at radius 3 is 2.87 bits per heavy atom. The second-order valence-corrected chi connectivity index (χ2v) is 3.95. The molecule has 0 saturated heterocycles. The number of rotatable bonds is 2. The minimum atomic E-state index is 0.379. The predicted octanol–water partition coefficient (Wildman–Crippen LogP) is 2.83. The van der Waals surface area contributed by atoms with Gasteiger partial charge in [0, 0.05) is 5.38 Å². The van der Waals surface area contributed by atoms with Gasteiger partial charge in [-0.1, -0.05) is 23.7 Å². The number of nitrogens with two attached hydrogens (primary N) is 1. The number of aromatic nitrogens is 1. The molecule has 0 fully saturated rings. The molecule has 0 atom stereocenters. The lowest BCUT2D eigenvalue weighted by Crippen LogP contribution is -2.12. The lowest BCUT2D eigenvalue weighted by atomic mass is 10.3. The Hall–Kier alpha value is -1.39. The molecule has 3 nitrogen and oxygen atoms in total. The average Bonchev–Trinajstić information content (AvgIpc) is 2.74. The molecule has 0 aliphatic rings. The van der Waals surface area contributed by atoms with Gasteiger partial charge < -0.3 is 5.73 Å². The van der Waals surface area contributed by atoms with E-state index in [4.69, 9.17) is 17.3 Å². The fraction of sp³-hybridized carbons (Fsp3) is 0. The van der Waals surface area contributed by atoms with E-state index in [2.05, 4.69) is 9.98 Å². The number of nitrogens with zero attached hydrogens (tertiary/aromatic N) is 2. The smallest absolute Gasteiger partial charge is 0.150 e. The molecule has 0 bridgehead atoms. The fourth-order valence-corrected chi connectivity index (χ4v) is 1.79. The van der Waals surface area contributed by atoms with Crippen LogP contribution in [0.5, 0.6) is 0 Å². The van der Waals surface area contributed by atoms with Gasteiger partial charge in [0.1, 0.15) is 5.69 Å². The molecule has 0 radical (unpaired) electrons. The summed E-state index contributed by atoms with van der Waals surface area (Å²) >= 11 is 7.43. The highest BCUT2D eigenvalue weighted by molar-refractivity contribution is 7.07. The monoisotopic (exact) mass is 237 g/mol. The first-order chi connectivity index (χ1) is 7.27. The van der Waals surface area contributed by atoms with Crippen LogP contribution >= 0.6 is 22.9 Å². The van der Waals surface area contributed by atoms with Crippen LogP contribution in [0.3, 0.4) is 0 Å². The van der Waals surface area contributed by atoms with E-state index in [9.17, 15) is 0 Å². The highest BCUT2D eigenvalue weighted by atomic mass is 35.5. The Morgan fingerprint density at radius 2 is 2.20 bits per heavy atom. The summed E-state index contributed by atoms with van der Waals surface area (Å²) in [5, 5.41) is 2.42. The zero-order chi connectivity index (χ0) is 10.7. The van der Waals surface area contributed by atoms with E-state index < -0.39 is 0 Å². The first kappa shape index (κ1) is 10.1. The molecule has 2 N–H and O–H groups in total. The predicted molar refractivity (Wildman–Crippen MR) is 64.0 cm³/mol. The van der Waals surface area contributed by atoms with Crippen LogP contribution in [0.15, 0.2) is 40.1 Å². The van der Waals surface area contributed by atoms with Crippen LogP contribution in [-0.4, -0.2) is 10.8 Å². The molecule has 2 aromatic rings. The summed E-state index contributed by atoms with van der Waals surface area (Å²) < 4.78 is 0. The van der Waals surface area contributed by atoms with E-state index in [1.807, 2.05) is 23.6 Å². The quantitative estimate of drug-likeness (QED) is 0.645. The summed E-state index contributed by atoms with van der Waals surface area (Å²) in [5.74, 6) is 0.379. The van der Waals surface area contributed by atoms with E-state index in [1.165, 1.54) is 11.3 Å². The molecule has 1 heterocycles. The summed E-state index contributed by atoms with van der Waals surface area (Å²) in [4.78, 5) is 8.27. The molecule has 0 spiro atoms. The number of hydrogen-bond acceptors (Lipinski definition) is 3. The van der Waals surface area contributed by atoms with Crippen LogP contribution in [0.1, 0.15) is 5.69 Å². The Labute approximate surface area is 96.3 Å². The van der Waals surface area contributed by atoms with Gasteiger partial charge in [-0.05, 0) is 12.1 Å². The number of thiazole rings is 1. The number of halogens is 1. The third-order valence-electron chi connectivity index (χ3n) is 1.79. The lowest BCUT2D eigenvalue weighted by molar-refractivity contribution is 1.34. The Kier molecular flexibility index (Phi) is 2.99. The molecule has 0 saturated carbocycles. The third kappa shape index (κ3) is 2.34. The summed E-state index contributed by atoms with van der Waals surface area (Å²) in [6.45, 7) is 0. The van der Waals surface area contributed by atoms with Crippen molar-refractivity contribution < 1.29 is 0 Å². The maximum Gasteiger partial charge on any atom is 0.150 e. The van der Waals surface area contributed by atoms with Crippen molar-refractivity contribution >= 4 is 34.5 Å². The molecule has 5 heteroatoms. The summed E-state index contributed by atoms with van der Waals surface area (Å²) in [6.07, 6.45) is 0. The summed E-state index contributed by atoms with van der Waals surface area (Å²) in [6, 6.07) is 7.29. The second-order valence-electron chi connectivity index (χ2n) is 2.82. The lowest BCUT2D eigenvalue weighted by Gasteiger charge is -1.98. The van der Waals surface area contributed by atoms with Crippen molar-refractivity contribution in [2.24, 2.45) is 10.7 Å². The zero-order valence-corrected chi connectivity index (χ0v) is 9.29. The molecule has 2 rings (SSSR count). The molecule has 1 aromatic carbocycles. The van der Waals surface area contributed by atoms with Gasteiger partial charge in [0.2, 0.25) is 0 Å². The van der Waals surface area contributed by atoms with Gasteiger partial charge in [0.05, 0.1) is 16.2 Å². The molecule has 0 unspecified atom stereocenters. The van der Waals surface area contributed by atoms with Gasteiger partial charge in [0.25, 0.3) is 0 Å². The normalized spacial score (nSPS) is 11.7. The second kappa shape index (κ2) is 4.42. The van der Waals surface area contributed by atoms with E-state index in [1.54, 1.807) is 11.6 Å². The molecule has 0 amide bonds. The van der Waals surface area contributed by atoms with E-state index in [0.717, 1.165) is 0 Å². The molecule has 76 valence electrons. The van der Waals surface area contributed by atoms with Gasteiger partial charge in [-0.15, -0.1) is 11.3 Å². The van der Waals surface area contributed by atoms with Gasteiger partial charge in [0.15, 0.2) is 5.84 Å². The van der Waals surface area contributed by atoms with Crippen LogP contribution < -0.4 is 5.73 Å². The molecular formula is C10H8ClN3S. The topological polar surface area (TPSA) is 51.3 Å². The number of hydrogen-bond donors (Lipinski definition) is 1. The van der Waals surface area contributed by atoms with Crippen LogP contribution in [0, 0.1) is 0 Å². The minimum absolute atomic E-state index is 0.379. The zero-order valence-electron chi connectivity index (χ0n) is 7.72. The molecule has 1 aromatic heterocycles. The van der Waals surface area contributed by atoms with Crippen molar-refractivity contribution in [3.8, 4) is 0 Å². The minimum Gasteiger partial charge on any atom is -0.382 e. The van der Waals surface area contributed by atoms with Crippen LogP contribution in [0.4, 0.5) is 5.69 Å². The standard InChI is InChI=1S/C10H8ClN3S/c11-7-3-1-2-4-8(7)14-10(12)9-5-15-6-13-9/h1-6H,(H2,12,14). The average molecular weight is 238 g/mol. The van der Waals surface area contributed by atoms with Crippen LogP contribution in [0.25, 0.3) is 0 Å². The Morgan fingerprint density at radius 1 is 1.40 bits per heavy atom. The number of para-hydroxylation sites is 1. The molecule has 0 aliphatic heterocycles. The van der Waals surface area contributed by atoms with Gasteiger partial charge in [-0.25, -0.2) is 9.98 Å². The fourth-order valence-electron chi connectivity index (χ4n) is 1.07. The molecular weight excluding hydrogens is 230 g/mol. The van der Waals surface area contributed by atoms with E-state index in [-0.39, 0.29) is 0 Å². The van der Waals surface area contributed by atoms with Gasteiger partial charge in [-0.3, -0.25) is 0 Å². The van der Waals surface area contributed by atoms with Crippen molar-refractivity contribution in [2.45, 2.75) is 0 Å². The van der Waals surface area contributed by atoms with Crippen LogP contribution in [0.2, 0.25) is 5.02 Å². The summed E-state index contributed by atoms with van der Waals surface area (Å²) in [5.41, 5.74) is 8.83. The molecule has 0 aliphatic carbocycles. The van der Waals surface area contributed by atoms with Crippen molar-refractivity contribution in [1.29, 1.82) is 0 Å². The van der Waals surface area contributed by atoms with Crippen molar-refractivity contribution in [3.05, 3.63) is 45.9 Å². The van der Waals surface area contributed by atoms with Crippen molar-refractivity contribution in [3.63, 3.8) is 0 Å². The first-order valence-corrected chi connectivity index (χ1v) is 5.56. The highest BCUT2D eigenvalue weighted by Gasteiger charge is 2.02. The number of aliphatic imine (C=N–C) groups is 1. The number of benzene rings is 1. The summed E-state index contributed by atoms with van der Waals surface area (Å²) in [7, 11) is 0. The maximum atomic E-state index is 5.95. The van der Waals surface area contributed by atoms with Crippen LogP contribution in [-0.2, 0) is 0 Å². The van der Waals surface area contributed by atoms with Crippen molar-refractivity contribution in [2.75, 3.05) is 0 Å². The SMILES string of the molecule is NC(=Nc1ccccc1Cl)c1cscn1. The van der Waals surface area contributed by atoms with Gasteiger partial charge >= 0.3 is 0 Å². The maximum absolute atomic E-state index is 5.95. The number of amidine groups is 1. The highest BCUT2D eigenvalue weighted by Crippen LogP contribution is 2.23. The van der Waals surface area contributed by atoms with Crippen molar-refractivity contribution in [1.82, 2.24) is 4.98 Å². The van der Waals surface area contributed by atoms with E-state index in [0.29, 0.717) is 22.2 Å². The Balaban J connectivity index is 2.35. The van der Waals surface area contributed by atoms with E-state index >= 15 is 0 Å². The third-order valence-corrected chi connectivity index (χ3v) is 2.69. The Bertz CT molecular complexity index is 479. The molecule has 15 heavy (non-hydrogen) atoms. The van der Waals surface area contributed by atoms with Gasteiger partial charge in [-0.2, -0.15) is 0 Å².